The standard InChI is InChI=1S/C20H26N2O3S/c1-17-5-7-18(8-6-17)16-26(23,24)21-14-19-3-2-4-20(13-19)15-22-9-11-25-12-10-22/h2-8,13,21H,9-12,14-16H2,1H3. The first-order chi connectivity index (χ1) is 12.5. The van der Waals surface area contributed by atoms with Crippen molar-refractivity contribution in [1.82, 2.24) is 9.62 Å². The van der Waals surface area contributed by atoms with Crippen molar-refractivity contribution in [3.8, 4) is 0 Å². The van der Waals surface area contributed by atoms with Crippen LogP contribution < -0.4 is 4.72 Å². The topological polar surface area (TPSA) is 58.6 Å². The molecular formula is C20H26N2O3S. The summed E-state index contributed by atoms with van der Waals surface area (Å²) in [5.41, 5.74) is 4.09. The molecule has 140 valence electrons. The van der Waals surface area contributed by atoms with E-state index >= 15 is 0 Å². The maximum absolute atomic E-state index is 12.3. The van der Waals surface area contributed by atoms with E-state index in [1.807, 2.05) is 43.3 Å². The molecule has 0 atom stereocenters. The second kappa shape index (κ2) is 8.77. The van der Waals surface area contributed by atoms with Gasteiger partial charge in [0.25, 0.3) is 0 Å². The molecule has 5 nitrogen and oxygen atoms in total. The van der Waals surface area contributed by atoms with Gasteiger partial charge in [0.05, 0.1) is 19.0 Å². The molecule has 1 aliphatic rings. The molecule has 2 aromatic carbocycles. The van der Waals surface area contributed by atoms with Crippen molar-refractivity contribution in [1.29, 1.82) is 0 Å². The Morgan fingerprint density at radius 2 is 1.69 bits per heavy atom. The average Bonchev–Trinajstić information content (AvgIpc) is 2.63. The Labute approximate surface area is 156 Å². The molecule has 6 heteroatoms. The van der Waals surface area contributed by atoms with Crippen LogP contribution in [0.15, 0.2) is 48.5 Å². The predicted octanol–water partition coefficient (Wildman–Crippen LogP) is 2.45. The molecule has 1 saturated heterocycles. The number of rotatable bonds is 7. The fraction of sp³-hybridized carbons (Fsp3) is 0.400. The molecule has 26 heavy (non-hydrogen) atoms. The number of hydrogen-bond donors (Lipinski definition) is 1. The van der Waals surface area contributed by atoms with Crippen LogP contribution >= 0.6 is 0 Å². The van der Waals surface area contributed by atoms with Crippen molar-refractivity contribution < 1.29 is 13.2 Å². The van der Waals surface area contributed by atoms with Crippen molar-refractivity contribution in [3.05, 3.63) is 70.8 Å². The van der Waals surface area contributed by atoms with Crippen LogP contribution in [0.25, 0.3) is 0 Å². The first kappa shape index (κ1) is 19.0. The van der Waals surface area contributed by atoms with Gasteiger partial charge in [-0.25, -0.2) is 13.1 Å². The lowest BCUT2D eigenvalue weighted by molar-refractivity contribution is 0.0342. The summed E-state index contributed by atoms with van der Waals surface area (Å²) in [4.78, 5) is 2.35. The molecular weight excluding hydrogens is 348 g/mol. The molecule has 1 heterocycles. The minimum Gasteiger partial charge on any atom is -0.379 e. The van der Waals surface area contributed by atoms with E-state index in [9.17, 15) is 8.42 Å². The molecule has 0 bridgehead atoms. The molecule has 0 aromatic heterocycles. The lowest BCUT2D eigenvalue weighted by Crippen LogP contribution is -2.35. The molecule has 0 saturated carbocycles. The molecule has 1 aliphatic heterocycles. The van der Waals surface area contributed by atoms with Crippen molar-refractivity contribution >= 4 is 10.0 Å². The third kappa shape index (κ3) is 5.92. The van der Waals surface area contributed by atoms with E-state index in [2.05, 4.69) is 21.8 Å². The van der Waals surface area contributed by atoms with Crippen LogP contribution in [0.3, 0.4) is 0 Å². The fourth-order valence-electron chi connectivity index (χ4n) is 3.00. The van der Waals surface area contributed by atoms with Crippen LogP contribution in [-0.4, -0.2) is 39.6 Å². The number of ether oxygens (including phenoxy) is 1. The Morgan fingerprint density at radius 1 is 1.00 bits per heavy atom. The second-order valence-corrected chi connectivity index (χ2v) is 8.58. The van der Waals surface area contributed by atoms with E-state index in [1.165, 1.54) is 5.56 Å². The Bertz CT molecular complexity index is 813. The van der Waals surface area contributed by atoms with E-state index in [-0.39, 0.29) is 5.75 Å². The Balaban J connectivity index is 1.56. The Kier molecular flexibility index (Phi) is 6.43. The minimum atomic E-state index is -3.36. The van der Waals surface area contributed by atoms with Gasteiger partial charge in [-0.05, 0) is 23.6 Å². The number of hydrogen-bond acceptors (Lipinski definition) is 4. The lowest BCUT2D eigenvalue weighted by atomic mass is 10.1. The average molecular weight is 375 g/mol. The maximum atomic E-state index is 12.3. The zero-order valence-electron chi connectivity index (χ0n) is 15.1. The third-order valence-corrected chi connectivity index (χ3v) is 5.77. The summed E-state index contributed by atoms with van der Waals surface area (Å²) in [6.07, 6.45) is 0. The second-order valence-electron chi connectivity index (χ2n) is 6.77. The van der Waals surface area contributed by atoms with E-state index in [0.717, 1.165) is 49.5 Å². The molecule has 0 radical (unpaired) electrons. The Morgan fingerprint density at radius 3 is 2.42 bits per heavy atom. The van der Waals surface area contributed by atoms with Gasteiger partial charge in [0.1, 0.15) is 0 Å². The smallest absolute Gasteiger partial charge is 0.216 e. The normalized spacial score (nSPS) is 15.9. The highest BCUT2D eigenvalue weighted by molar-refractivity contribution is 7.88. The van der Waals surface area contributed by atoms with E-state index < -0.39 is 10.0 Å². The van der Waals surface area contributed by atoms with Gasteiger partial charge in [-0.3, -0.25) is 4.90 Å². The van der Waals surface area contributed by atoms with Gasteiger partial charge in [0.15, 0.2) is 0 Å². The molecule has 0 amide bonds. The van der Waals surface area contributed by atoms with E-state index in [4.69, 9.17) is 4.74 Å². The largest absolute Gasteiger partial charge is 0.379 e. The first-order valence-corrected chi connectivity index (χ1v) is 10.6. The summed E-state index contributed by atoms with van der Waals surface area (Å²) in [6, 6.07) is 15.7. The quantitative estimate of drug-likeness (QED) is 0.809. The predicted molar refractivity (Wildman–Crippen MR) is 103 cm³/mol. The number of morpholine rings is 1. The maximum Gasteiger partial charge on any atom is 0.216 e. The van der Waals surface area contributed by atoms with Crippen molar-refractivity contribution in [2.75, 3.05) is 26.3 Å². The van der Waals surface area contributed by atoms with Gasteiger partial charge in [0, 0.05) is 26.2 Å². The molecule has 2 aromatic rings. The number of sulfonamides is 1. The third-order valence-electron chi connectivity index (χ3n) is 4.47. The summed E-state index contributed by atoms with van der Waals surface area (Å²) < 4.78 is 32.7. The first-order valence-electron chi connectivity index (χ1n) is 8.91. The minimum absolute atomic E-state index is 0.000743. The zero-order valence-corrected chi connectivity index (χ0v) is 16.0. The van der Waals surface area contributed by atoms with Gasteiger partial charge in [0.2, 0.25) is 10.0 Å². The molecule has 1 N–H and O–H groups in total. The molecule has 0 spiro atoms. The van der Waals surface area contributed by atoms with Crippen molar-refractivity contribution in [2.45, 2.75) is 25.8 Å². The van der Waals surface area contributed by atoms with Crippen LogP contribution in [0.5, 0.6) is 0 Å². The van der Waals surface area contributed by atoms with Gasteiger partial charge in [-0.2, -0.15) is 0 Å². The number of aryl methyl sites for hydroxylation is 1. The monoisotopic (exact) mass is 374 g/mol. The highest BCUT2D eigenvalue weighted by Crippen LogP contribution is 2.11. The summed E-state index contributed by atoms with van der Waals surface area (Å²) in [5, 5.41) is 0. The Hall–Kier alpha value is -1.73. The summed E-state index contributed by atoms with van der Waals surface area (Å²) in [7, 11) is -3.36. The highest BCUT2D eigenvalue weighted by atomic mass is 32.2. The number of benzene rings is 2. The molecule has 0 unspecified atom stereocenters. The van der Waals surface area contributed by atoms with E-state index in [0.29, 0.717) is 6.54 Å². The van der Waals surface area contributed by atoms with Gasteiger partial charge in [-0.1, -0.05) is 54.1 Å². The summed E-state index contributed by atoms with van der Waals surface area (Å²) >= 11 is 0. The fourth-order valence-corrected chi connectivity index (χ4v) is 4.12. The van der Waals surface area contributed by atoms with Crippen molar-refractivity contribution in [2.24, 2.45) is 0 Å². The zero-order chi connectivity index (χ0) is 18.4. The SMILES string of the molecule is Cc1ccc(CS(=O)(=O)NCc2cccc(CN3CCOCC3)c2)cc1. The van der Waals surface area contributed by atoms with Crippen LogP contribution in [0.4, 0.5) is 0 Å². The molecule has 3 rings (SSSR count). The summed E-state index contributed by atoms with van der Waals surface area (Å²) in [6.45, 7) is 6.59. The highest BCUT2D eigenvalue weighted by Gasteiger charge is 2.13. The lowest BCUT2D eigenvalue weighted by Gasteiger charge is -2.26. The van der Waals surface area contributed by atoms with E-state index in [1.54, 1.807) is 0 Å². The molecule has 0 aliphatic carbocycles. The number of nitrogens with one attached hydrogen (secondary N) is 1. The molecule has 1 fully saturated rings. The van der Waals surface area contributed by atoms with Crippen LogP contribution in [0, 0.1) is 6.92 Å². The van der Waals surface area contributed by atoms with Gasteiger partial charge < -0.3 is 4.74 Å². The van der Waals surface area contributed by atoms with Crippen molar-refractivity contribution in [3.63, 3.8) is 0 Å². The van der Waals surface area contributed by atoms with Crippen LogP contribution in [0.2, 0.25) is 0 Å². The number of nitrogens with zero attached hydrogens (tertiary/aromatic N) is 1. The van der Waals surface area contributed by atoms with Crippen LogP contribution in [-0.2, 0) is 33.6 Å². The van der Waals surface area contributed by atoms with Crippen LogP contribution in [0.1, 0.15) is 22.3 Å². The van der Waals surface area contributed by atoms with Gasteiger partial charge in [-0.15, -0.1) is 0 Å². The summed E-state index contributed by atoms with van der Waals surface area (Å²) in [5.74, 6) is 0.000743. The van der Waals surface area contributed by atoms with Gasteiger partial charge >= 0.3 is 0 Å².